The molecule has 2 aromatic rings. The number of nitrogens with one attached hydrogen (secondary N) is 1. The molecule has 0 spiro atoms. The summed E-state index contributed by atoms with van der Waals surface area (Å²) in [5.74, 6) is 0.221. The van der Waals surface area contributed by atoms with Gasteiger partial charge >= 0.3 is 0 Å². The van der Waals surface area contributed by atoms with Gasteiger partial charge in [0.15, 0.2) is 0 Å². The maximum atomic E-state index is 12.6. The molecule has 1 aromatic carbocycles. The summed E-state index contributed by atoms with van der Waals surface area (Å²) in [6, 6.07) is 14.2. The highest BCUT2D eigenvalue weighted by Crippen LogP contribution is 2.22. The van der Waals surface area contributed by atoms with Crippen LogP contribution in [0.15, 0.2) is 54.9 Å². The molecule has 1 aliphatic rings. The minimum atomic E-state index is 0.0886. The number of nitrogens with zero attached hydrogens (tertiary/aromatic N) is 2. The van der Waals surface area contributed by atoms with Crippen molar-refractivity contribution in [3.63, 3.8) is 0 Å². The van der Waals surface area contributed by atoms with E-state index in [1.54, 1.807) is 6.20 Å². The lowest BCUT2D eigenvalue weighted by Crippen LogP contribution is -2.48. The van der Waals surface area contributed by atoms with Crippen molar-refractivity contribution in [3.05, 3.63) is 66.0 Å². The average molecular weight is 295 g/mol. The zero-order valence-electron chi connectivity index (χ0n) is 12.6. The van der Waals surface area contributed by atoms with Gasteiger partial charge in [0.05, 0.1) is 6.04 Å². The maximum absolute atomic E-state index is 12.6. The summed E-state index contributed by atoms with van der Waals surface area (Å²) >= 11 is 0. The van der Waals surface area contributed by atoms with Crippen molar-refractivity contribution in [1.82, 2.24) is 15.2 Å². The van der Waals surface area contributed by atoms with Crippen LogP contribution in [-0.2, 0) is 11.2 Å². The fourth-order valence-electron chi connectivity index (χ4n) is 2.91. The maximum Gasteiger partial charge on any atom is 0.223 e. The number of hydrogen-bond acceptors (Lipinski definition) is 3. The molecule has 4 nitrogen and oxygen atoms in total. The number of carbonyl (C=O) groups is 1. The molecular formula is C18H21N3O. The van der Waals surface area contributed by atoms with Crippen molar-refractivity contribution < 1.29 is 4.79 Å². The van der Waals surface area contributed by atoms with Crippen LogP contribution in [-0.4, -0.2) is 35.4 Å². The normalized spacial score (nSPS) is 18.2. The van der Waals surface area contributed by atoms with E-state index in [2.05, 4.69) is 22.4 Å². The second-order valence-electron chi connectivity index (χ2n) is 5.58. The second kappa shape index (κ2) is 7.18. The molecule has 1 aromatic heterocycles. The van der Waals surface area contributed by atoms with Crippen molar-refractivity contribution in [2.75, 3.05) is 19.6 Å². The fraction of sp³-hybridized carbons (Fsp3) is 0.333. The topological polar surface area (TPSA) is 45.2 Å². The number of rotatable bonds is 4. The molecule has 1 unspecified atom stereocenters. The molecule has 1 N–H and O–H groups in total. The van der Waals surface area contributed by atoms with E-state index >= 15 is 0 Å². The van der Waals surface area contributed by atoms with Crippen molar-refractivity contribution >= 4 is 5.91 Å². The number of piperazine rings is 1. The molecule has 0 radical (unpaired) electrons. The molecule has 1 fully saturated rings. The van der Waals surface area contributed by atoms with E-state index in [0.717, 1.165) is 31.6 Å². The van der Waals surface area contributed by atoms with Gasteiger partial charge in [-0.05, 0) is 23.6 Å². The van der Waals surface area contributed by atoms with Crippen LogP contribution in [0.2, 0.25) is 0 Å². The number of amides is 1. The predicted octanol–water partition coefficient (Wildman–Crippen LogP) is 2.19. The van der Waals surface area contributed by atoms with Crippen LogP contribution in [0.1, 0.15) is 23.6 Å². The predicted molar refractivity (Wildman–Crippen MR) is 86.3 cm³/mol. The minimum Gasteiger partial charge on any atom is -0.333 e. The molecule has 1 aliphatic heterocycles. The number of pyridine rings is 1. The monoisotopic (exact) mass is 295 g/mol. The van der Waals surface area contributed by atoms with Gasteiger partial charge in [-0.3, -0.25) is 9.78 Å². The van der Waals surface area contributed by atoms with Crippen LogP contribution in [0.5, 0.6) is 0 Å². The Morgan fingerprint density at radius 2 is 2.09 bits per heavy atom. The fourth-order valence-corrected chi connectivity index (χ4v) is 2.91. The summed E-state index contributed by atoms with van der Waals surface area (Å²) in [4.78, 5) is 18.8. The summed E-state index contributed by atoms with van der Waals surface area (Å²) in [5.41, 5.74) is 2.31. The molecule has 1 amide bonds. The Morgan fingerprint density at radius 3 is 2.86 bits per heavy atom. The van der Waals surface area contributed by atoms with Gasteiger partial charge in [-0.15, -0.1) is 0 Å². The number of benzene rings is 1. The summed E-state index contributed by atoms with van der Waals surface area (Å²) in [6.45, 7) is 2.41. The third kappa shape index (κ3) is 3.52. The highest BCUT2D eigenvalue weighted by molar-refractivity contribution is 5.77. The standard InChI is InChI=1S/C18H21N3O/c22-18(9-8-15-5-2-1-3-6-15)21-12-11-20-14-17(21)16-7-4-10-19-13-16/h1-7,10,13,17,20H,8-9,11-12,14H2. The lowest BCUT2D eigenvalue weighted by Gasteiger charge is -2.36. The van der Waals surface area contributed by atoms with Crippen LogP contribution < -0.4 is 5.32 Å². The van der Waals surface area contributed by atoms with Crippen LogP contribution in [0.4, 0.5) is 0 Å². The van der Waals surface area contributed by atoms with E-state index in [1.165, 1.54) is 5.56 Å². The molecule has 0 bridgehead atoms. The largest absolute Gasteiger partial charge is 0.333 e. The van der Waals surface area contributed by atoms with Crippen LogP contribution in [0.25, 0.3) is 0 Å². The second-order valence-corrected chi connectivity index (χ2v) is 5.58. The van der Waals surface area contributed by atoms with E-state index in [0.29, 0.717) is 6.42 Å². The van der Waals surface area contributed by atoms with Crippen molar-refractivity contribution in [3.8, 4) is 0 Å². The number of aromatic nitrogens is 1. The van der Waals surface area contributed by atoms with Crippen LogP contribution in [0, 0.1) is 0 Å². The Morgan fingerprint density at radius 1 is 1.23 bits per heavy atom. The van der Waals surface area contributed by atoms with Crippen LogP contribution >= 0.6 is 0 Å². The van der Waals surface area contributed by atoms with Gasteiger partial charge in [0.25, 0.3) is 0 Å². The molecule has 3 rings (SSSR count). The van der Waals surface area contributed by atoms with Gasteiger partial charge in [-0.25, -0.2) is 0 Å². The van der Waals surface area contributed by atoms with Gasteiger partial charge in [-0.1, -0.05) is 36.4 Å². The Hall–Kier alpha value is -2.20. The highest BCUT2D eigenvalue weighted by atomic mass is 16.2. The number of aryl methyl sites for hydroxylation is 1. The molecule has 22 heavy (non-hydrogen) atoms. The number of hydrogen-bond donors (Lipinski definition) is 1. The van der Waals surface area contributed by atoms with E-state index in [4.69, 9.17) is 0 Å². The van der Waals surface area contributed by atoms with Gasteiger partial charge < -0.3 is 10.2 Å². The summed E-state index contributed by atoms with van der Waals surface area (Å²) in [6.07, 6.45) is 4.97. The molecule has 114 valence electrons. The zero-order valence-corrected chi connectivity index (χ0v) is 12.6. The molecule has 0 aliphatic carbocycles. The van der Waals surface area contributed by atoms with E-state index in [9.17, 15) is 4.79 Å². The smallest absolute Gasteiger partial charge is 0.223 e. The quantitative estimate of drug-likeness (QED) is 0.940. The Balaban J connectivity index is 1.66. The first kappa shape index (κ1) is 14.7. The molecule has 0 saturated carbocycles. The molecule has 1 saturated heterocycles. The van der Waals surface area contributed by atoms with Gasteiger partial charge in [0.2, 0.25) is 5.91 Å². The number of carbonyl (C=O) groups excluding carboxylic acids is 1. The van der Waals surface area contributed by atoms with Crippen molar-refractivity contribution in [1.29, 1.82) is 0 Å². The Bertz CT molecular complexity index is 600. The third-order valence-electron chi connectivity index (χ3n) is 4.10. The first-order valence-corrected chi connectivity index (χ1v) is 7.78. The van der Waals surface area contributed by atoms with Crippen molar-refractivity contribution in [2.24, 2.45) is 0 Å². The highest BCUT2D eigenvalue weighted by Gasteiger charge is 2.27. The third-order valence-corrected chi connectivity index (χ3v) is 4.10. The van der Waals surface area contributed by atoms with E-state index in [1.807, 2.05) is 41.4 Å². The molecule has 4 heteroatoms. The van der Waals surface area contributed by atoms with E-state index < -0.39 is 0 Å². The molecule has 1 atom stereocenters. The lowest BCUT2D eigenvalue weighted by atomic mass is 10.0. The first-order chi connectivity index (χ1) is 10.8. The average Bonchev–Trinajstić information content (AvgIpc) is 2.61. The Labute approximate surface area is 131 Å². The van der Waals surface area contributed by atoms with Crippen molar-refractivity contribution in [2.45, 2.75) is 18.9 Å². The van der Waals surface area contributed by atoms with Gasteiger partial charge in [-0.2, -0.15) is 0 Å². The summed E-state index contributed by atoms with van der Waals surface area (Å²) < 4.78 is 0. The first-order valence-electron chi connectivity index (χ1n) is 7.78. The van der Waals surface area contributed by atoms with Crippen LogP contribution in [0.3, 0.4) is 0 Å². The summed E-state index contributed by atoms with van der Waals surface area (Å²) in [5, 5.41) is 3.37. The lowest BCUT2D eigenvalue weighted by molar-refractivity contribution is -0.134. The molecular weight excluding hydrogens is 274 g/mol. The van der Waals surface area contributed by atoms with E-state index in [-0.39, 0.29) is 11.9 Å². The summed E-state index contributed by atoms with van der Waals surface area (Å²) in [7, 11) is 0. The Kier molecular flexibility index (Phi) is 4.81. The van der Waals surface area contributed by atoms with Gasteiger partial charge in [0, 0.05) is 38.4 Å². The zero-order chi connectivity index (χ0) is 15.2. The van der Waals surface area contributed by atoms with Gasteiger partial charge in [0.1, 0.15) is 0 Å². The molecule has 2 heterocycles. The minimum absolute atomic E-state index is 0.0886. The SMILES string of the molecule is O=C(CCc1ccccc1)N1CCNCC1c1cccnc1.